The average molecular weight is 166 g/mol. The minimum atomic E-state index is 0.725. The molecule has 0 unspecified atom stereocenters. The van der Waals surface area contributed by atoms with Crippen LogP contribution in [-0.2, 0) is 6.54 Å². The highest BCUT2D eigenvalue weighted by Crippen LogP contribution is 2.03. The number of nitrogens with zero attached hydrogens (tertiary/aromatic N) is 3. The van der Waals surface area contributed by atoms with Crippen LogP contribution in [0.25, 0.3) is 0 Å². The number of nitrogens with two attached hydrogens (primary N) is 1. The summed E-state index contributed by atoms with van der Waals surface area (Å²) >= 11 is 0. The summed E-state index contributed by atoms with van der Waals surface area (Å²) in [5.41, 5.74) is 3.12. The Hall–Kier alpha value is -1.32. The summed E-state index contributed by atoms with van der Waals surface area (Å²) in [5, 5.41) is 3.60. The summed E-state index contributed by atoms with van der Waals surface area (Å²) in [7, 11) is 0. The number of rotatable bonds is 2. The van der Waals surface area contributed by atoms with Crippen LogP contribution in [0, 0.1) is 13.8 Å². The van der Waals surface area contributed by atoms with E-state index in [0.29, 0.717) is 0 Å². The quantitative estimate of drug-likeness (QED) is 0.402. The molecule has 4 heteroatoms. The van der Waals surface area contributed by atoms with Gasteiger partial charge in [0.2, 0.25) is 0 Å². The first-order chi connectivity index (χ1) is 5.65. The molecule has 0 saturated carbocycles. The van der Waals surface area contributed by atoms with E-state index in [1.54, 1.807) is 6.33 Å². The highest BCUT2D eigenvalue weighted by Gasteiger charge is 2.01. The predicted molar refractivity (Wildman–Crippen MR) is 49.0 cm³/mol. The fraction of sp³-hybridized carbons (Fsp3) is 0.500. The Bertz CT molecular complexity index is 298. The smallest absolute Gasteiger partial charge is 0.0954 e. The lowest BCUT2D eigenvalue weighted by Gasteiger charge is -2.03. The lowest BCUT2D eigenvalue weighted by Crippen LogP contribution is -2.09. The molecule has 0 aliphatic heterocycles. The third kappa shape index (κ3) is 1.64. The van der Waals surface area contributed by atoms with Crippen LogP contribution >= 0.6 is 0 Å². The van der Waals surface area contributed by atoms with E-state index in [9.17, 15) is 0 Å². The summed E-state index contributed by atoms with van der Waals surface area (Å²) in [6, 6.07) is 0. The van der Waals surface area contributed by atoms with E-state index in [1.165, 1.54) is 0 Å². The minimum Gasteiger partial charge on any atom is -0.329 e. The van der Waals surface area contributed by atoms with Crippen molar-refractivity contribution in [2.24, 2.45) is 10.9 Å². The van der Waals surface area contributed by atoms with Crippen molar-refractivity contribution in [1.82, 2.24) is 9.55 Å². The molecule has 0 amide bonds. The summed E-state index contributed by atoms with van der Waals surface area (Å²) in [4.78, 5) is 4.17. The second-order valence-electron chi connectivity index (χ2n) is 2.91. The molecule has 0 radical (unpaired) electrons. The largest absolute Gasteiger partial charge is 0.329 e. The first-order valence-electron chi connectivity index (χ1n) is 3.87. The molecule has 0 aliphatic carbocycles. The van der Waals surface area contributed by atoms with Crippen LogP contribution in [0.4, 0.5) is 0 Å². The standard InChI is InChI=1S/C8H14N4/c1-6(11-9)4-12-5-10-7(2)8(12)3/h5H,4,9H2,1-3H3/b11-6+. The molecule has 2 N–H and O–H groups in total. The SMILES string of the molecule is C/C(Cn1cnc(C)c1C)=N\N. The third-order valence-electron chi connectivity index (χ3n) is 1.96. The number of aryl methyl sites for hydroxylation is 1. The molecule has 1 aromatic rings. The van der Waals surface area contributed by atoms with Crippen molar-refractivity contribution < 1.29 is 0 Å². The summed E-state index contributed by atoms with van der Waals surface area (Å²) in [6.07, 6.45) is 1.80. The molecule has 0 spiro atoms. The van der Waals surface area contributed by atoms with Gasteiger partial charge in [-0.1, -0.05) is 0 Å². The van der Waals surface area contributed by atoms with Gasteiger partial charge in [0.25, 0.3) is 0 Å². The van der Waals surface area contributed by atoms with Gasteiger partial charge in [0.15, 0.2) is 0 Å². The molecular formula is C8H14N4. The van der Waals surface area contributed by atoms with Crippen LogP contribution in [0.2, 0.25) is 0 Å². The van der Waals surface area contributed by atoms with Gasteiger partial charge >= 0.3 is 0 Å². The van der Waals surface area contributed by atoms with Crippen LogP contribution in [-0.4, -0.2) is 15.3 Å². The molecule has 0 bridgehead atoms. The molecule has 0 aliphatic rings. The van der Waals surface area contributed by atoms with Crippen molar-refractivity contribution in [3.8, 4) is 0 Å². The monoisotopic (exact) mass is 166 g/mol. The van der Waals surface area contributed by atoms with Gasteiger partial charge in [-0.3, -0.25) is 0 Å². The zero-order valence-electron chi connectivity index (χ0n) is 7.70. The summed E-state index contributed by atoms with van der Waals surface area (Å²) in [5.74, 6) is 5.13. The molecule has 4 nitrogen and oxygen atoms in total. The van der Waals surface area contributed by atoms with Gasteiger partial charge in [0.05, 0.1) is 24.3 Å². The number of hydrogen-bond acceptors (Lipinski definition) is 3. The summed E-state index contributed by atoms with van der Waals surface area (Å²) in [6.45, 7) is 6.64. The molecule has 12 heavy (non-hydrogen) atoms. The van der Waals surface area contributed by atoms with E-state index in [-0.39, 0.29) is 0 Å². The molecule has 1 heterocycles. The Balaban J connectivity index is 2.83. The molecule has 0 fully saturated rings. The number of aromatic nitrogens is 2. The van der Waals surface area contributed by atoms with Gasteiger partial charge in [0, 0.05) is 5.69 Å². The number of hydrazone groups is 1. The number of imidazole rings is 1. The van der Waals surface area contributed by atoms with Crippen LogP contribution in [0.15, 0.2) is 11.4 Å². The highest BCUT2D eigenvalue weighted by atomic mass is 15.1. The lowest BCUT2D eigenvalue weighted by atomic mass is 10.3. The van der Waals surface area contributed by atoms with E-state index in [1.807, 2.05) is 25.3 Å². The molecule has 0 atom stereocenters. The van der Waals surface area contributed by atoms with Crippen molar-refractivity contribution in [1.29, 1.82) is 0 Å². The van der Waals surface area contributed by atoms with E-state index >= 15 is 0 Å². The fourth-order valence-corrected chi connectivity index (χ4v) is 0.991. The van der Waals surface area contributed by atoms with E-state index in [4.69, 9.17) is 5.84 Å². The van der Waals surface area contributed by atoms with E-state index < -0.39 is 0 Å². The van der Waals surface area contributed by atoms with Gasteiger partial charge in [-0.25, -0.2) is 4.98 Å². The molecule has 1 aromatic heterocycles. The maximum Gasteiger partial charge on any atom is 0.0954 e. The first kappa shape index (κ1) is 8.77. The van der Waals surface area contributed by atoms with Crippen molar-refractivity contribution in [2.75, 3.05) is 0 Å². The predicted octanol–water partition coefficient (Wildman–Crippen LogP) is 0.835. The Labute approximate surface area is 72.1 Å². The number of hydrogen-bond donors (Lipinski definition) is 1. The van der Waals surface area contributed by atoms with Crippen molar-refractivity contribution in [2.45, 2.75) is 27.3 Å². The van der Waals surface area contributed by atoms with Gasteiger partial charge in [-0.2, -0.15) is 5.10 Å². The third-order valence-corrected chi connectivity index (χ3v) is 1.96. The normalized spacial score (nSPS) is 12.1. The first-order valence-corrected chi connectivity index (χ1v) is 3.87. The van der Waals surface area contributed by atoms with E-state index in [2.05, 4.69) is 10.1 Å². The van der Waals surface area contributed by atoms with Crippen LogP contribution in [0.5, 0.6) is 0 Å². The maximum absolute atomic E-state index is 5.13. The van der Waals surface area contributed by atoms with Crippen LogP contribution < -0.4 is 5.84 Å². The van der Waals surface area contributed by atoms with Crippen LogP contribution in [0.1, 0.15) is 18.3 Å². The highest BCUT2D eigenvalue weighted by molar-refractivity contribution is 5.81. The van der Waals surface area contributed by atoms with Crippen molar-refractivity contribution >= 4 is 5.71 Å². The van der Waals surface area contributed by atoms with E-state index in [0.717, 1.165) is 23.6 Å². The van der Waals surface area contributed by atoms with Gasteiger partial charge in [-0.05, 0) is 20.8 Å². The fourth-order valence-electron chi connectivity index (χ4n) is 0.991. The second kappa shape index (κ2) is 3.38. The topological polar surface area (TPSA) is 56.2 Å². The molecule has 66 valence electrons. The van der Waals surface area contributed by atoms with Gasteiger partial charge in [-0.15, -0.1) is 0 Å². The van der Waals surface area contributed by atoms with Crippen molar-refractivity contribution in [3.63, 3.8) is 0 Å². The molecule has 0 saturated heterocycles. The average Bonchev–Trinajstić information content (AvgIpc) is 2.36. The minimum absolute atomic E-state index is 0.725. The Morgan fingerprint density at radius 2 is 2.33 bits per heavy atom. The summed E-state index contributed by atoms with van der Waals surface area (Å²) < 4.78 is 2.03. The maximum atomic E-state index is 5.13. The van der Waals surface area contributed by atoms with Gasteiger partial charge < -0.3 is 10.4 Å². The van der Waals surface area contributed by atoms with Crippen molar-refractivity contribution in [3.05, 3.63) is 17.7 Å². The Morgan fingerprint density at radius 1 is 1.67 bits per heavy atom. The zero-order chi connectivity index (χ0) is 9.14. The molecule has 1 rings (SSSR count). The molecular weight excluding hydrogens is 152 g/mol. The molecule has 0 aromatic carbocycles. The second-order valence-corrected chi connectivity index (χ2v) is 2.91. The Morgan fingerprint density at radius 3 is 2.75 bits per heavy atom. The van der Waals surface area contributed by atoms with Gasteiger partial charge in [0.1, 0.15) is 0 Å². The zero-order valence-corrected chi connectivity index (χ0v) is 7.70. The van der Waals surface area contributed by atoms with Crippen LogP contribution in [0.3, 0.4) is 0 Å². The lowest BCUT2D eigenvalue weighted by molar-refractivity contribution is 0.809. The Kier molecular flexibility index (Phi) is 2.47.